The second-order valence-corrected chi connectivity index (χ2v) is 5.13. The number of hydrogen-bond donors (Lipinski definition) is 2. The fourth-order valence-corrected chi connectivity index (χ4v) is 2.48. The summed E-state index contributed by atoms with van der Waals surface area (Å²) in [6.45, 7) is 3.38. The summed E-state index contributed by atoms with van der Waals surface area (Å²) in [5, 5.41) is 19.5. The maximum atomic E-state index is 11.9. The average molecular weight is 292 g/mol. The third-order valence-electron chi connectivity index (χ3n) is 2.57. The van der Waals surface area contributed by atoms with E-state index in [0.29, 0.717) is 16.3 Å². The highest BCUT2D eigenvalue weighted by Gasteiger charge is 2.19. The van der Waals surface area contributed by atoms with E-state index in [2.05, 4.69) is 20.5 Å². The second kappa shape index (κ2) is 5.74. The maximum Gasteiger partial charge on any atom is 0.347 e. The Morgan fingerprint density at radius 3 is 2.70 bits per heavy atom. The summed E-state index contributed by atoms with van der Waals surface area (Å²) in [5.41, 5.74) is 0.836. The van der Waals surface area contributed by atoms with E-state index >= 15 is 0 Å². The van der Waals surface area contributed by atoms with Crippen molar-refractivity contribution in [1.82, 2.24) is 20.5 Å². The zero-order chi connectivity index (χ0) is 14.7. The van der Waals surface area contributed by atoms with Crippen LogP contribution < -0.4 is 5.32 Å². The number of carboxylic acids is 1. The van der Waals surface area contributed by atoms with Crippen LogP contribution in [0.15, 0.2) is 18.5 Å². The number of thiazole rings is 1. The number of aromatic nitrogens is 3. The van der Waals surface area contributed by atoms with Gasteiger partial charge in [-0.1, -0.05) is 0 Å². The van der Waals surface area contributed by atoms with Gasteiger partial charge in [-0.05, 0) is 19.9 Å². The highest BCUT2D eigenvalue weighted by Crippen LogP contribution is 2.23. The summed E-state index contributed by atoms with van der Waals surface area (Å²) < 4.78 is 0. The van der Waals surface area contributed by atoms with Crippen LogP contribution in [0.4, 0.5) is 0 Å². The Bertz CT molecular complexity index is 641. The second-order valence-electron chi connectivity index (χ2n) is 4.10. The first-order valence-corrected chi connectivity index (χ1v) is 6.59. The van der Waals surface area contributed by atoms with E-state index in [4.69, 9.17) is 5.11 Å². The molecule has 0 aliphatic heterocycles. The molecular weight excluding hydrogens is 280 g/mol. The zero-order valence-electron chi connectivity index (χ0n) is 10.8. The third kappa shape index (κ3) is 2.97. The number of aryl methyl sites for hydroxylation is 1. The Morgan fingerprint density at radius 2 is 2.15 bits per heavy atom. The van der Waals surface area contributed by atoms with E-state index in [9.17, 15) is 9.59 Å². The predicted octanol–water partition coefficient (Wildman–Crippen LogP) is 1.43. The Morgan fingerprint density at radius 1 is 1.40 bits per heavy atom. The smallest absolute Gasteiger partial charge is 0.347 e. The number of amides is 1. The van der Waals surface area contributed by atoms with Crippen LogP contribution in [0, 0.1) is 6.92 Å². The molecule has 0 saturated carbocycles. The van der Waals surface area contributed by atoms with Gasteiger partial charge in [-0.25, -0.2) is 9.78 Å². The molecule has 0 aromatic carbocycles. The first-order chi connectivity index (χ1) is 9.49. The van der Waals surface area contributed by atoms with Crippen molar-refractivity contribution in [3.8, 4) is 0 Å². The van der Waals surface area contributed by atoms with E-state index in [1.807, 2.05) is 0 Å². The molecule has 2 rings (SSSR count). The molecule has 0 aliphatic carbocycles. The highest BCUT2D eigenvalue weighted by molar-refractivity contribution is 7.13. The van der Waals surface area contributed by atoms with Crippen molar-refractivity contribution in [2.24, 2.45) is 0 Å². The summed E-state index contributed by atoms with van der Waals surface area (Å²) in [4.78, 5) is 27.3. The maximum absolute atomic E-state index is 11.9. The lowest BCUT2D eigenvalue weighted by Gasteiger charge is -2.10. The Kier molecular flexibility index (Phi) is 4.04. The molecule has 2 aromatic rings. The minimum absolute atomic E-state index is 0.187. The summed E-state index contributed by atoms with van der Waals surface area (Å²) in [5.74, 6) is -1.32. The number of hydrogen-bond acceptors (Lipinski definition) is 6. The van der Waals surface area contributed by atoms with E-state index < -0.39 is 5.97 Å². The van der Waals surface area contributed by atoms with Crippen molar-refractivity contribution < 1.29 is 14.7 Å². The lowest BCUT2D eigenvalue weighted by molar-refractivity contribution is 0.0701. The molecule has 2 aromatic heterocycles. The zero-order valence-corrected chi connectivity index (χ0v) is 11.6. The molecule has 0 fully saturated rings. The largest absolute Gasteiger partial charge is 0.477 e. The van der Waals surface area contributed by atoms with Crippen molar-refractivity contribution in [3.05, 3.63) is 39.6 Å². The number of nitrogens with one attached hydrogen (secondary N) is 1. The van der Waals surface area contributed by atoms with Crippen LogP contribution in [-0.2, 0) is 0 Å². The SMILES string of the molecule is Cc1nc(C(C)NC(=O)c2ccnnc2)sc1C(=O)O. The van der Waals surface area contributed by atoms with Gasteiger partial charge in [0.25, 0.3) is 5.91 Å². The molecule has 0 radical (unpaired) electrons. The van der Waals surface area contributed by atoms with Crippen molar-refractivity contribution in [2.45, 2.75) is 19.9 Å². The van der Waals surface area contributed by atoms with Crippen LogP contribution >= 0.6 is 11.3 Å². The molecule has 0 bridgehead atoms. The van der Waals surface area contributed by atoms with E-state index in [-0.39, 0.29) is 16.8 Å². The first kappa shape index (κ1) is 14.1. The Balaban J connectivity index is 2.12. The predicted molar refractivity (Wildman–Crippen MR) is 71.7 cm³/mol. The van der Waals surface area contributed by atoms with Gasteiger partial charge in [-0.15, -0.1) is 11.3 Å². The van der Waals surface area contributed by atoms with Crippen molar-refractivity contribution >= 4 is 23.2 Å². The van der Waals surface area contributed by atoms with E-state index in [1.165, 1.54) is 12.4 Å². The van der Waals surface area contributed by atoms with Crippen LogP contribution in [0.2, 0.25) is 0 Å². The number of nitrogens with zero attached hydrogens (tertiary/aromatic N) is 3. The van der Waals surface area contributed by atoms with Gasteiger partial charge in [0.15, 0.2) is 0 Å². The molecule has 104 valence electrons. The summed E-state index contributed by atoms with van der Waals surface area (Å²) in [6, 6.07) is 1.16. The van der Waals surface area contributed by atoms with Gasteiger partial charge in [0.1, 0.15) is 9.88 Å². The molecule has 2 N–H and O–H groups in total. The number of carbonyl (C=O) groups is 2. The summed E-state index contributed by atoms with van der Waals surface area (Å²) >= 11 is 1.06. The number of aromatic carboxylic acids is 1. The molecule has 7 nitrogen and oxygen atoms in total. The van der Waals surface area contributed by atoms with Gasteiger partial charge in [0.2, 0.25) is 0 Å². The molecule has 0 saturated heterocycles. The topological polar surface area (TPSA) is 105 Å². The van der Waals surface area contributed by atoms with E-state index in [1.54, 1.807) is 19.9 Å². The normalized spacial score (nSPS) is 11.9. The average Bonchev–Trinajstić information content (AvgIpc) is 2.82. The van der Waals surface area contributed by atoms with Gasteiger partial charge in [-0.2, -0.15) is 10.2 Å². The number of carbonyl (C=O) groups excluding carboxylic acids is 1. The van der Waals surface area contributed by atoms with Gasteiger partial charge < -0.3 is 10.4 Å². The lowest BCUT2D eigenvalue weighted by atomic mass is 10.2. The number of rotatable bonds is 4. The molecule has 20 heavy (non-hydrogen) atoms. The Hall–Kier alpha value is -2.35. The quantitative estimate of drug-likeness (QED) is 0.883. The standard InChI is InChI=1S/C12H12N4O3S/c1-6-9(12(18)19)20-11(16-6)7(2)15-10(17)8-3-4-13-14-5-8/h3-5,7H,1-2H3,(H,15,17)(H,18,19). The molecule has 0 aliphatic rings. The molecule has 1 unspecified atom stereocenters. The minimum atomic E-state index is -1.01. The van der Waals surface area contributed by atoms with Gasteiger partial charge >= 0.3 is 5.97 Å². The molecule has 8 heteroatoms. The Labute approximate surface area is 118 Å². The fourth-order valence-electron chi connectivity index (χ4n) is 1.57. The van der Waals surface area contributed by atoms with Gasteiger partial charge in [-0.3, -0.25) is 4.79 Å². The molecule has 1 amide bonds. The molecule has 0 spiro atoms. The molecular formula is C12H12N4O3S. The lowest BCUT2D eigenvalue weighted by Crippen LogP contribution is -2.26. The van der Waals surface area contributed by atoms with Crippen LogP contribution in [0.25, 0.3) is 0 Å². The minimum Gasteiger partial charge on any atom is -0.477 e. The first-order valence-electron chi connectivity index (χ1n) is 5.77. The highest BCUT2D eigenvalue weighted by atomic mass is 32.1. The van der Waals surface area contributed by atoms with E-state index in [0.717, 1.165) is 11.3 Å². The molecule has 1 atom stereocenters. The van der Waals surface area contributed by atoms with Crippen LogP contribution in [0.1, 0.15) is 43.7 Å². The van der Waals surface area contributed by atoms with Crippen molar-refractivity contribution in [1.29, 1.82) is 0 Å². The van der Waals surface area contributed by atoms with Crippen molar-refractivity contribution in [2.75, 3.05) is 0 Å². The molecule has 2 heterocycles. The number of carboxylic acid groups (broad SMARTS) is 1. The third-order valence-corrected chi connectivity index (χ3v) is 3.90. The summed E-state index contributed by atoms with van der Waals surface area (Å²) in [7, 11) is 0. The van der Waals surface area contributed by atoms with Crippen molar-refractivity contribution in [3.63, 3.8) is 0 Å². The summed E-state index contributed by atoms with van der Waals surface area (Å²) in [6.07, 6.45) is 2.79. The van der Waals surface area contributed by atoms with Crippen LogP contribution in [0.3, 0.4) is 0 Å². The monoisotopic (exact) mass is 292 g/mol. The fraction of sp³-hybridized carbons (Fsp3) is 0.250. The van der Waals surface area contributed by atoms with Crippen LogP contribution in [0.5, 0.6) is 0 Å². The van der Waals surface area contributed by atoms with Crippen LogP contribution in [-0.4, -0.2) is 32.2 Å². The van der Waals surface area contributed by atoms with Gasteiger partial charge in [0, 0.05) is 0 Å². The van der Waals surface area contributed by atoms with Gasteiger partial charge in [0.05, 0.1) is 29.7 Å².